The number of nitrogens with two attached hydrogens (primary N) is 1. The summed E-state index contributed by atoms with van der Waals surface area (Å²) in [7, 11) is 0. The van der Waals surface area contributed by atoms with Crippen molar-refractivity contribution in [3.8, 4) is 0 Å². The minimum Gasteiger partial charge on any atom is -0.399 e. The highest BCUT2D eigenvalue weighted by atomic mass is 35.5. The van der Waals surface area contributed by atoms with E-state index in [1.54, 1.807) is 23.5 Å². The SMILES string of the molecule is Cc1csc(CCNc2c(Cl)cc(N)cc2Cl)n1. The lowest BCUT2D eigenvalue weighted by atomic mass is 10.2. The van der Waals surface area contributed by atoms with Gasteiger partial charge in [-0.05, 0) is 19.1 Å². The van der Waals surface area contributed by atoms with Gasteiger partial charge in [-0.1, -0.05) is 23.2 Å². The summed E-state index contributed by atoms with van der Waals surface area (Å²) in [5.74, 6) is 0. The zero-order valence-corrected chi connectivity index (χ0v) is 12.2. The fourth-order valence-corrected chi connectivity index (χ4v) is 2.99. The lowest BCUT2D eigenvalue weighted by Crippen LogP contribution is -2.06. The molecule has 0 aliphatic rings. The molecular formula is C12H13Cl2N3S. The molecule has 1 aromatic heterocycles. The third-order valence-electron chi connectivity index (χ3n) is 2.37. The Morgan fingerprint density at radius 3 is 2.56 bits per heavy atom. The molecule has 0 fully saturated rings. The number of halogens is 2. The monoisotopic (exact) mass is 301 g/mol. The van der Waals surface area contributed by atoms with Gasteiger partial charge in [0.25, 0.3) is 0 Å². The van der Waals surface area contributed by atoms with Crippen molar-refractivity contribution in [3.05, 3.63) is 38.3 Å². The van der Waals surface area contributed by atoms with Gasteiger partial charge in [0.05, 0.1) is 20.7 Å². The molecule has 0 saturated carbocycles. The summed E-state index contributed by atoms with van der Waals surface area (Å²) in [6.45, 7) is 2.72. The number of benzene rings is 1. The first kappa shape index (κ1) is 13.5. The molecule has 2 rings (SSSR count). The first-order chi connectivity index (χ1) is 8.56. The second-order valence-corrected chi connectivity index (χ2v) is 5.68. The molecule has 0 saturated heterocycles. The summed E-state index contributed by atoms with van der Waals surface area (Å²) < 4.78 is 0. The van der Waals surface area contributed by atoms with Crippen LogP contribution < -0.4 is 11.1 Å². The van der Waals surface area contributed by atoms with Crippen LogP contribution in [0.15, 0.2) is 17.5 Å². The van der Waals surface area contributed by atoms with Crippen LogP contribution in [0.1, 0.15) is 10.7 Å². The molecule has 0 aliphatic heterocycles. The minimum atomic E-state index is 0.537. The molecule has 6 heteroatoms. The molecule has 3 nitrogen and oxygen atoms in total. The molecular weight excluding hydrogens is 289 g/mol. The van der Waals surface area contributed by atoms with Crippen molar-refractivity contribution in [1.29, 1.82) is 0 Å². The molecule has 0 atom stereocenters. The van der Waals surface area contributed by atoms with Crippen LogP contribution in [-0.4, -0.2) is 11.5 Å². The molecule has 1 aromatic carbocycles. The maximum absolute atomic E-state index is 6.08. The Balaban J connectivity index is 1.98. The summed E-state index contributed by atoms with van der Waals surface area (Å²) >= 11 is 13.8. The van der Waals surface area contributed by atoms with Gasteiger partial charge in [-0.25, -0.2) is 4.98 Å². The largest absolute Gasteiger partial charge is 0.399 e. The zero-order chi connectivity index (χ0) is 13.1. The van der Waals surface area contributed by atoms with E-state index < -0.39 is 0 Å². The summed E-state index contributed by atoms with van der Waals surface area (Å²) in [6.07, 6.45) is 0.843. The molecule has 0 aliphatic carbocycles. The van der Waals surface area contributed by atoms with E-state index in [2.05, 4.69) is 10.3 Å². The van der Waals surface area contributed by atoms with Crippen molar-refractivity contribution in [2.24, 2.45) is 0 Å². The van der Waals surface area contributed by atoms with Crippen molar-refractivity contribution < 1.29 is 0 Å². The van der Waals surface area contributed by atoms with Crippen LogP contribution in [0.3, 0.4) is 0 Å². The summed E-state index contributed by atoms with van der Waals surface area (Å²) in [6, 6.07) is 3.37. The number of nitrogens with one attached hydrogen (secondary N) is 1. The van der Waals surface area contributed by atoms with E-state index in [9.17, 15) is 0 Å². The maximum atomic E-state index is 6.08. The number of nitrogens with zero attached hydrogens (tertiary/aromatic N) is 1. The van der Waals surface area contributed by atoms with Gasteiger partial charge in [0.15, 0.2) is 0 Å². The Morgan fingerprint density at radius 2 is 2.00 bits per heavy atom. The molecule has 0 unspecified atom stereocenters. The van der Waals surface area contributed by atoms with Gasteiger partial charge in [-0.3, -0.25) is 0 Å². The fraction of sp³-hybridized carbons (Fsp3) is 0.250. The average Bonchev–Trinajstić information content (AvgIpc) is 2.68. The number of nitrogen functional groups attached to an aromatic ring is 1. The van der Waals surface area contributed by atoms with Gasteiger partial charge < -0.3 is 11.1 Å². The predicted octanol–water partition coefficient (Wildman–Crippen LogP) is 4.00. The first-order valence-corrected chi connectivity index (χ1v) is 7.09. The predicted molar refractivity (Wildman–Crippen MR) is 79.9 cm³/mol. The van der Waals surface area contributed by atoms with Crippen molar-refractivity contribution in [2.75, 3.05) is 17.6 Å². The van der Waals surface area contributed by atoms with Crippen LogP contribution in [0.2, 0.25) is 10.0 Å². The van der Waals surface area contributed by atoms with E-state index >= 15 is 0 Å². The summed E-state index contributed by atoms with van der Waals surface area (Å²) in [5.41, 5.74) is 7.98. The van der Waals surface area contributed by atoms with Crippen molar-refractivity contribution in [2.45, 2.75) is 13.3 Å². The zero-order valence-electron chi connectivity index (χ0n) is 9.84. The Labute approximate surface area is 120 Å². The molecule has 0 amide bonds. The highest BCUT2D eigenvalue weighted by Crippen LogP contribution is 2.32. The third kappa shape index (κ3) is 3.28. The second kappa shape index (κ2) is 5.78. The van der Waals surface area contributed by atoms with Crippen LogP contribution in [0, 0.1) is 6.92 Å². The molecule has 1 heterocycles. The third-order valence-corrected chi connectivity index (χ3v) is 3.99. The number of hydrogen-bond donors (Lipinski definition) is 2. The number of anilines is 2. The number of aryl methyl sites for hydroxylation is 1. The van der Waals surface area contributed by atoms with E-state index in [4.69, 9.17) is 28.9 Å². The summed E-state index contributed by atoms with van der Waals surface area (Å²) in [5, 5.41) is 7.43. The highest BCUT2D eigenvalue weighted by Gasteiger charge is 2.07. The second-order valence-electron chi connectivity index (χ2n) is 3.92. The van der Waals surface area contributed by atoms with Crippen LogP contribution in [0.5, 0.6) is 0 Å². The lowest BCUT2D eigenvalue weighted by molar-refractivity contribution is 0.987. The molecule has 2 aromatic rings. The highest BCUT2D eigenvalue weighted by molar-refractivity contribution is 7.09. The number of hydrogen-bond acceptors (Lipinski definition) is 4. The Bertz CT molecular complexity index is 531. The Morgan fingerprint density at radius 1 is 1.33 bits per heavy atom. The molecule has 3 N–H and O–H groups in total. The summed E-state index contributed by atoms with van der Waals surface area (Å²) in [4.78, 5) is 4.39. The van der Waals surface area contributed by atoms with Crippen molar-refractivity contribution in [3.63, 3.8) is 0 Å². The maximum Gasteiger partial charge on any atom is 0.0945 e. The molecule has 0 spiro atoms. The molecule has 0 bridgehead atoms. The normalized spacial score (nSPS) is 10.6. The first-order valence-electron chi connectivity index (χ1n) is 5.45. The van der Waals surface area contributed by atoms with Gasteiger partial charge in [0.2, 0.25) is 0 Å². The van der Waals surface area contributed by atoms with Gasteiger partial charge >= 0.3 is 0 Å². The van der Waals surface area contributed by atoms with Crippen LogP contribution in [0.4, 0.5) is 11.4 Å². The number of thiazole rings is 1. The van der Waals surface area contributed by atoms with E-state index in [0.717, 1.165) is 29.4 Å². The smallest absolute Gasteiger partial charge is 0.0945 e. The van der Waals surface area contributed by atoms with E-state index in [-0.39, 0.29) is 0 Å². The van der Waals surface area contributed by atoms with Gasteiger partial charge in [-0.15, -0.1) is 11.3 Å². The van der Waals surface area contributed by atoms with Gasteiger partial charge in [0, 0.05) is 29.7 Å². The minimum absolute atomic E-state index is 0.537. The van der Waals surface area contributed by atoms with E-state index in [1.165, 1.54) is 0 Å². The van der Waals surface area contributed by atoms with Crippen LogP contribution in [-0.2, 0) is 6.42 Å². The van der Waals surface area contributed by atoms with Crippen LogP contribution >= 0.6 is 34.5 Å². The topological polar surface area (TPSA) is 50.9 Å². The number of rotatable bonds is 4. The van der Waals surface area contributed by atoms with Crippen molar-refractivity contribution in [1.82, 2.24) is 4.98 Å². The lowest BCUT2D eigenvalue weighted by Gasteiger charge is -2.10. The standard InChI is InChI=1S/C12H13Cl2N3S/c1-7-6-18-11(17-7)2-3-16-12-9(13)4-8(15)5-10(12)14/h4-6,16H,2-3,15H2,1H3. The molecule has 96 valence electrons. The Kier molecular flexibility index (Phi) is 4.32. The van der Waals surface area contributed by atoms with Gasteiger partial charge in [0.1, 0.15) is 0 Å². The van der Waals surface area contributed by atoms with Gasteiger partial charge in [-0.2, -0.15) is 0 Å². The van der Waals surface area contributed by atoms with E-state index in [1.807, 2.05) is 12.3 Å². The van der Waals surface area contributed by atoms with Crippen molar-refractivity contribution >= 4 is 45.9 Å². The number of aromatic nitrogens is 1. The van der Waals surface area contributed by atoms with E-state index in [0.29, 0.717) is 15.7 Å². The average molecular weight is 302 g/mol. The molecule has 18 heavy (non-hydrogen) atoms. The Hall–Kier alpha value is -0.970. The molecule has 0 radical (unpaired) electrons. The van der Waals surface area contributed by atoms with Crippen LogP contribution in [0.25, 0.3) is 0 Å². The quantitative estimate of drug-likeness (QED) is 0.839. The fourth-order valence-electron chi connectivity index (χ4n) is 1.57.